The lowest BCUT2D eigenvalue weighted by Crippen LogP contribution is -2.29. The third-order valence-electron chi connectivity index (χ3n) is 4.46. The van der Waals surface area contributed by atoms with Crippen molar-refractivity contribution >= 4 is 17.2 Å². The summed E-state index contributed by atoms with van der Waals surface area (Å²) in [7, 11) is 0. The van der Waals surface area contributed by atoms with Crippen LogP contribution in [0.3, 0.4) is 0 Å². The first-order valence-electron chi connectivity index (χ1n) is 8.48. The molecule has 5 heteroatoms. The zero-order chi connectivity index (χ0) is 17.1. The molecule has 3 aromatic heterocycles. The molecule has 0 spiro atoms. The normalized spacial score (nSPS) is 12.8. The predicted molar refractivity (Wildman–Crippen MR) is 98.4 cm³/mol. The van der Waals surface area contributed by atoms with E-state index in [1.54, 1.807) is 29.9 Å². The van der Waals surface area contributed by atoms with Crippen molar-refractivity contribution in [1.82, 2.24) is 14.9 Å². The standard InChI is InChI=1S/C20H19N3OS/c24-20(19-11-17-4-1-5-18(17)25-19)23(13-15-6-9-21-10-7-15)14-16-3-2-8-22-12-16/h2-3,6-12H,1,4-5,13-14H2. The average molecular weight is 349 g/mol. The highest BCUT2D eigenvalue weighted by molar-refractivity contribution is 7.14. The molecule has 3 heterocycles. The summed E-state index contributed by atoms with van der Waals surface area (Å²) in [5.74, 6) is 0.0973. The first-order chi connectivity index (χ1) is 12.3. The summed E-state index contributed by atoms with van der Waals surface area (Å²) in [5, 5.41) is 0. The summed E-state index contributed by atoms with van der Waals surface area (Å²) in [5.41, 5.74) is 3.48. The van der Waals surface area contributed by atoms with Crippen molar-refractivity contribution < 1.29 is 4.79 Å². The zero-order valence-corrected chi connectivity index (χ0v) is 14.7. The Labute approximate surface area is 151 Å². The van der Waals surface area contributed by atoms with E-state index in [0.717, 1.165) is 28.8 Å². The van der Waals surface area contributed by atoms with Crippen LogP contribution in [0.15, 0.2) is 55.1 Å². The molecule has 4 rings (SSSR count). The number of hydrogen-bond donors (Lipinski definition) is 0. The molecule has 0 fully saturated rings. The van der Waals surface area contributed by atoms with Crippen LogP contribution < -0.4 is 0 Å². The van der Waals surface area contributed by atoms with Gasteiger partial charge in [0.25, 0.3) is 5.91 Å². The summed E-state index contributed by atoms with van der Waals surface area (Å²) >= 11 is 1.66. The summed E-state index contributed by atoms with van der Waals surface area (Å²) in [6, 6.07) is 9.92. The van der Waals surface area contributed by atoms with E-state index in [2.05, 4.69) is 16.0 Å². The fourth-order valence-corrected chi connectivity index (χ4v) is 4.43. The molecule has 0 saturated heterocycles. The maximum Gasteiger partial charge on any atom is 0.264 e. The van der Waals surface area contributed by atoms with Crippen molar-refractivity contribution in [2.75, 3.05) is 0 Å². The number of fused-ring (bicyclic) bond motifs is 1. The van der Waals surface area contributed by atoms with E-state index in [4.69, 9.17) is 0 Å². The number of carbonyl (C=O) groups is 1. The van der Waals surface area contributed by atoms with Crippen molar-refractivity contribution in [3.8, 4) is 0 Å². The lowest BCUT2D eigenvalue weighted by Gasteiger charge is -2.22. The average Bonchev–Trinajstić information content (AvgIpc) is 3.24. The zero-order valence-electron chi connectivity index (χ0n) is 13.9. The fraction of sp³-hybridized carbons (Fsp3) is 0.250. The molecule has 0 bridgehead atoms. The van der Waals surface area contributed by atoms with Crippen LogP contribution in [0.25, 0.3) is 0 Å². The van der Waals surface area contributed by atoms with E-state index in [0.29, 0.717) is 13.1 Å². The minimum atomic E-state index is 0.0973. The molecule has 0 aromatic carbocycles. The molecule has 0 saturated carbocycles. The number of aromatic nitrogens is 2. The minimum Gasteiger partial charge on any atom is -0.329 e. The molecule has 0 N–H and O–H groups in total. The van der Waals surface area contributed by atoms with Gasteiger partial charge in [0.05, 0.1) is 4.88 Å². The monoisotopic (exact) mass is 349 g/mol. The minimum absolute atomic E-state index is 0.0973. The van der Waals surface area contributed by atoms with E-state index in [-0.39, 0.29) is 5.91 Å². The van der Waals surface area contributed by atoms with Crippen molar-refractivity contribution in [3.63, 3.8) is 0 Å². The second-order valence-electron chi connectivity index (χ2n) is 6.29. The van der Waals surface area contributed by atoms with Gasteiger partial charge < -0.3 is 4.90 Å². The van der Waals surface area contributed by atoms with Crippen molar-refractivity contribution in [2.24, 2.45) is 0 Å². The molecule has 1 amide bonds. The van der Waals surface area contributed by atoms with E-state index in [1.807, 2.05) is 35.4 Å². The van der Waals surface area contributed by atoms with Gasteiger partial charge in [-0.3, -0.25) is 14.8 Å². The predicted octanol–water partition coefficient (Wildman–Crippen LogP) is 3.87. The van der Waals surface area contributed by atoms with Crippen molar-refractivity contribution in [2.45, 2.75) is 32.4 Å². The highest BCUT2D eigenvalue weighted by atomic mass is 32.1. The number of nitrogens with zero attached hydrogens (tertiary/aromatic N) is 3. The van der Waals surface area contributed by atoms with Gasteiger partial charge in [0, 0.05) is 42.8 Å². The molecule has 126 valence electrons. The molecule has 1 aliphatic rings. The highest BCUT2D eigenvalue weighted by Crippen LogP contribution is 2.31. The molecule has 1 aliphatic carbocycles. The van der Waals surface area contributed by atoms with Crippen molar-refractivity contribution in [1.29, 1.82) is 0 Å². The van der Waals surface area contributed by atoms with Crippen molar-refractivity contribution in [3.05, 3.63) is 81.6 Å². The number of thiophene rings is 1. The Morgan fingerprint density at radius 2 is 1.88 bits per heavy atom. The Morgan fingerprint density at radius 3 is 2.64 bits per heavy atom. The molecule has 0 unspecified atom stereocenters. The first kappa shape index (κ1) is 16.0. The largest absolute Gasteiger partial charge is 0.329 e. The van der Waals surface area contributed by atoms with Gasteiger partial charge in [-0.15, -0.1) is 11.3 Å². The lowest BCUT2D eigenvalue weighted by molar-refractivity contribution is 0.0734. The number of aryl methyl sites for hydroxylation is 2. The topological polar surface area (TPSA) is 46.1 Å². The summed E-state index contributed by atoms with van der Waals surface area (Å²) in [4.78, 5) is 25.5. The Morgan fingerprint density at radius 1 is 1.04 bits per heavy atom. The van der Waals surface area contributed by atoms with Gasteiger partial charge in [0.1, 0.15) is 0 Å². The number of amides is 1. The summed E-state index contributed by atoms with van der Waals surface area (Å²) in [6.45, 7) is 1.12. The number of carbonyl (C=O) groups excluding carboxylic acids is 1. The molecular formula is C20H19N3OS. The van der Waals surface area contributed by atoms with E-state index >= 15 is 0 Å². The van der Waals surface area contributed by atoms with Crippen LogP contribution in [-0.2, 0) is 25.9 Å². The maximum atomic E-state index is 13.2. The second kappa shape index (κ2) is 7.15. The van der Waals surface area contributed by atoms with E-state index in [9.17, 15) is 4.79 Å². The van der Waals surface area contributed by atoms with Gasteiger partial charge in [-0.25, -0.2) is 0 Å². The van der Waals surface area contributed by atoms with Crippen LogP contribution in [0.5, 0.6) is 0 Å². The molecule has 0 radical (unpaired) electrons. The van der Waals surface area contributed by atoms with Gasteiger partial charge in [0.15, 0.2) is 0 Å². The van der Waals surface area contributed by atoms with Gasteiger partial charge in [-0.05, 0) is 60.2 Å². The SMILES string of the molecule is O=C(c1cc2c(s1)CCC2)N(Cc1ccncc1)Cc1cccnc1. The number of pyridine rings is 2. The van der Waals surface area contributed by atoms with Gasteiger partial charge in [-0.2, -0.15) is 0 Å². The van der Waals surface area contributed by atoms with E-state index in [1.165, 1.54) is 16.9 Å². The summed E-state index contributed by atoms with van der Waals surface area (Å²) in [6.07, 6.45) is 10.5. The lowest BCUT2D eigenvalue weighted by atomic mass is 10.2. The Kier molecular flexibility index (Phi) is 4.57. The van der Waals surface area contributed by atoms with Crippen LogP contribution in [-0.4, -0.2) is 20.8 Å². The van der Waals surface area contributed by atoms with Crippen LogP contribution in [0.4, 0.5) is 0 Å². The first-order valence-corrected chi connectivity index (χ1v) is 9.30. The molecule has 3 aromatic rings. The third kappa shape index (κ3) is 3.61. The summed E-state index contributed by atoms with van der Waals surface area (Å²) < 4.78 is 0. The number of hydrogen-bond acceptors (Lipinski definition) is 4. The fourth-order valence-electron chi connectivity index (χ4n) is 3.21. The Balaban J connectivity index is 1.60. The van der Waals surface area contributed by atoms with E-state index < -0.39 is 0 Å². The maximum absolute atomic E-state index is 13.2. The molecular weight excluding hydrogens is 330 g/mol. The van der Waals surface area contributed by atoms with Gasteiger partial charge >= 0.3 is 0 Å². The van der Waals surface area contributed by atoms with Crippen LogP contribution in [0.1, 0.15) is 37.7 Å². The van der Waals surface area contributed by atoms with Gasteiger partial charge in [-0.1, -0.05) is 6.07 Å². The molecule has 4 nitrogen and oxygen atoms in total. The Bertz CT molecular complexity index is 798. The van der Waals surface area contributed by atoms with Crippen LogP contribution >= 0.6 is 11.3 Å². The van der Waals surface area contributed by atoms with Gasteiger partial charge in [0.2, 0.25) is 0 Å². The smallest absolute Gasteiger partial charge is 0.264 e. The second-order valence-corrected chi connectivity index (χ2v) is 7.43. The molecule has 25 heavy (non-hydrogen) atoms. The number of rotatable bonds is 5. The molecule has 0 atom stereocenters. The highest BCUT2D eigenvalue weighted by Gasteiger charge is 2.23. The third-order valence-corrected chi connectivity index (χ3v) is 5.69. The Hall–Kier alpha value is -2.53. The molecule has 0 aliphatic heterocycles. The quantitative estimate of drug-likeness (QED) is 0.702. The van der Waals surface area contributed by atoms with Crippen LogP contribution in [0, 0.1) is 0 Å². The van der Waals surface area contributed by atoms with Crippen LogP contribution in [0.2, 0.25) is 0 Å².